The second kappa shape index (κ2) is 12.5. The van der Waals surface area contributed by atoms with Crippen LogP contribution < -0.4 is 16.0 Å². The summed E-state index contributed by atoms with van der Waals surface area (Å²) in [6, 6.07) is 16.9. The molecule has 0 spiro atoms. The minimum atomic E-state index is -4.83. The van der Waals surface area contributed by atoms with E-state index in [1.54, 1.807) is 28.9 Å². The average Bonchev–Trinajstić information content (AvgIpc) is 3.59. The lowest BCUT2D eigenvalue weighted by molar-refractivity contribution is -0.153. The predicted molar refractivity (Wildman–Crippen MR) is 167 cm³/mol. The number of nitrogens with one attached hydrogen (secondary N) is 3. The molecule has 2 aromatic heterocycles. The Morgan fingerprint density at radius 3 is 2.29 bits per heavy atom. The highest BCUT2D eigenvalue weighted by Gasteiger charge is 2.43. The number of rotatable bonds is 7. The van der Waals surface area contributed by atoms with Crippen LogP contribution in [0.2, 0.25) is 0 Å². The number of hydrogen-bond donors (Lipinski definition) is 3. The Hall–Kier alpha value is -4.38. The lowest BCUT2D eigenvalue weighted by Gasteiger charge is -2.31. The van der Waals surface area contributed by atoms with Gasteiger partial charge in [0.15, 0.2) is 5.78 Å². The molecule has 3 N–H and O–H groups in total. The highest BCUT2D eigenvalue weighted by Crippen LogP contribution is 2.42. The first kappa shape index (κ1) is 32.0. The maximum Gasteiger partial charge on any atom is 0.450 e. The maximum atomic E-state index is 14.1. The smallest absolute Gasteiger partial charge is 0.450 e. The Morgan fingerprint density at radius 1 is 0.978 bits per heavy atom. The maximum absolute atomic E-state index is 14.1. The third-order valence-electron chi connectivity index (χ3n) is 8.06. The summed E-state index contributed by atoms with van der Waals surface area (Å²) in [7, 11) is 0. The molecular formula is C34H38F3N5O3. The predicted octanol–water partition coefficient (Wildman–Crippen LogP) is 8.01. The van der Waals surface area contributed by atoms with Crippen LogP contribution in [0.25, 0.3) is 5.69 Å². The summed E-state index contributed by atoms with van der Waals surface area (Å²) in [6.07, 6.45) is -3.66. The number of nitrogens with zero attached hydrogens (tertiary/aromatic N) is 2. The number of ketones is 1. The fourth-order valence-electron chi connectivity index (χ4n) is 5.73. The molecule has 1 saturated heterocycles. The number of amides is 2. The second-order valence-electron chi connectivity index (χ2n) is 12.6. The van der Waals surface area contributed by atoms with E-state index in [1.807, 2.05) is 58.0 Å². The van der Waals surface area contributed by atoms with E-state index >= 15 is 0 Å². The summed E-state index contributed by atoms with van der Waals surface area (Å²) in [5.74, 6) is -2.74. The summed E-state index contributed by atoms with van der Waals surface area (Å²) in [5, 5.41) is 13.8. The number of aromatic nitrogens is 2. The van der Waals surface area contributed by atoms with Crippen molar-refractivity contribution in [3.63, 3.8) is 0 Å². The van der Waals surface area contributed by atoms with Crippen LogP contribution in [0.1, 0.15) is 78.2 Å². The number of Topliss-reactive ketones (excluding diaryl/α,β-unsaturated/α-hetero) is 1. The fraction of sp³-hybridized carbons (Fsp3) is 0.382. The van der Waals surface area contributed by atoms with E-state index in [0.717, 1.165) is 23.0 Å². The van der Waals surface area contributed by atoms with Crippen LogP contribution in [0.4, 0.5) is 29.5 Å². The lowest BCUT2D eigenvalue weighted by atomic mass is 9.75. The van der Waals surface area contributed by atoms with Gasteiger partial charge in [-0.25, -0.2) is 9.48 Å². The standard InChI is InChI=1S/C34H38F3N5O3/c1-20-10-12-23(13-11-20)42-28(19-27(41-42)33(3,4)5)40-32(44)39-26-9-7-6-8-24(26)29(22-14-16-38-17-15-22)30(43)25-18-21(2)45-31(25)34(35,36)37/h6-13,18-19,22,29,38H,14-17H2,1-5H3,(H2,39,40,44). The first-order chi connectivity index (χ1) is 21.2. The van der Waals surface area contributed by atoms with E-state index in [1.165, 1.54) is 6.92 Å². The molecule has 5 rings (SSSR count). The van der Waals surface area contributed by atoms with Crippen LogP contribution in [0.5, 0.6) is 0 Å². The van der Waals surface area contributed by atoms with Crippen molar-refractivity contribution in [1.82, 2.24) is 15.1 Å². The lowest BCUT2D eigenvalue weighted by Crippen LogP contribution is -2.34. The first-order valence-electron chi connectivity index (χ1n) is 15.0. The molecule has 1 atom stereocenters. The zero-order chi connectivity index (χ0) is 32.5. The number of carbonyl (C=O) groups is 2. The van der Waals surface area contributed by atoms with Crippen LogP contribution in [0.15, 0.2) is 65.1 Å². The molecule has 8 nitrogen and oxygen atoms in total. The Morgan fingerprint density at radius 2 is 1.64 bits per heavy atom. The zero-order valence-corrected chi connectivity index (χ0v) is 26.0. The number of hydrogen-bond acceptors (Lipinski definition) is 5. The highest BCUT2D eigenvalue weighted by atomic mass is 19.4. The van der Waals surface area contributed by atoms with Crippen molar-refractivity contribution in [1.29, 1.82) is 0 Å². The number of halogens is 3. The number of para-hydroxylation sites is 1. The van der Waals surface area contributed by atoms with Gasteiger partial charge in [0.2, 0.25) is 5.76 Å². The van der Waals surface area contributed by atoms with Gasteiger partial charge in [-0.15, -0.1) is 0 Å². The van der Waals surface area contributed by atoms with Crippen molar-refractivity contribution < 1.29 is 27.2 Å². The zero-order valence-electron chi connectivity index (χ0n) is 26.0. The SMILES string of the molecule is Cc1ccc(-n2nc(C(C)(C)C)cc2NC(=O)Nc2ccccc2C(C(=O)c2cc(C)oc2C(F)(F)F)C2CCNCC2)cc1. The minimum absolute atomic E-state index is 0.000313. The van der Waals surface area contributed by atoms with Crippen molar-refractivity contribution in [2.75, 3.05) is 23.7 Å². The van der Waals surface area contributed by atoms with Gasteiger partial charge in [0.25, 0.3) is 0 Å². The Labute approximate surface area is 260 Å². The number of alkyl halides is 3. The fourth-order valence-corrected chi connectivity index (χ4v) is 5.73. The van der Waals surface area contributed by atoms with Crippen LogP contribution in [-0.4, -0.2) is 34.7 Å². The van der Waals surface area contributed by atoms with Crippen molar-refractivity contribution in [2.24, 2.45) is 5.92 Å². The monoisotopic (exact) mass is 621 g/mol. The second-order valence-corrected chi connectivity index (χ2v) is 12.6. The van der Waals surface area contributed by atoms with Gasteiger partial charge in [-0.2, -0.15) is 18.3 Å². The van der Waals surface area contributed by atoms with Crippen LogP contribution in [0.3, 0.4) is 0 Å². The number of piperidine rings is 1. The van der Waals surface area contributed by atoms with Gasteiger partial charge in [-0.05, 0) is 75.5 Å². The summed E-state index contributed by atoms with van der Waals surface area (Å²) in [6.45, 7) is 10.7. The molecule has 238 valence electrons. The van der Waals surface area contributed by atoms with E-state index in [4.69, 9.17) is 9.52 Å². The number of aryl methyl sites for hydroxylation is 2. The highest BCUT2D eigenvalue weighted by molar-refractivity contribution is 6.05. The normalized spacial score (nSPS) is 15.1. The average molecular weight is 622 g/mol. The molecular weight excluding hydrogens is 583 g/mol. The molecule has 0 saturated carbocycles. The van der Waals surface area contributed by atoms with E-state index in [-0.39, 0.29) is 17.1 Å². The number of furan rings is 1. The van der Waals surface area contributed by atoms with Gasteiger partial charge in [0, 0.05) is 17.2 Å². The van der Waals surface area contributed by atoms with Gasteiger partial charge in [-0.1, -0.05) is 56.7 Å². The summed E-state index contributed by atoms with van der Waals surface area (Å²) in [5.41, 5.74) is 2.59. The number of carbonyl (C=O) groups excluding carboxylic acids is 2. The summed E-state index contributed by atoms with van der Waals surface area (Å²) < 4.78 is 48.4. The molecule has 0 aliphatic carbocycles. The molecule has 11 heteroatoms. The molecule has 2 aromatic carbocycles. The van der Waals surface area contributed by atoms with Gasteiger partial charge in [-0.3, -0.25) is 10.1 Å². The van der Waals surface area contributed by atoms with Gasteiger partial charge >= 0.3 is 12.2 Å². The molecule has 1 unspecified atom stereocenters. The molecule has 45 heavy (non-hydrogen) atoms. The molecule has 3 heterocycles. The third kappa shape index (κ3) is 7.14. The van der Waals surface area contributed by atoms with Gasteiger partial charge < -0.3 is 15.1 Å². The van der Waals surface area contributed by atoms with E-state index in [9.17, 15) is 22.8 Å². The molecule has 0 radical (unpaired) electrons. The van der Waals surface area contributed by atoms with Gasteiger partial charge in [0.1, 0.15) is 11.6 Å². The van der Waals surface area contributed by atoms with Crippen molar-refractivity contribution in [3.8, 4) is 5.69 Å². The summed E-state index contributed by atoms with van der Waals surface area (Å²) in [4.78, 5) is 27.6. The van der Waals surface area contributed by atoms with Crippen molar-refractivity contribution in [2.45, 2.75) is 65.0 Å². The van der Waals surface area contributed by atoms with Gasteiger partial charge in [0.05, 0.1) is 22.9 Å². The van der Waals surface area contributed by atoms with Crippen LogP contribution >= 0.6 is 0 Å². The largest absolute Gasteiger partial charge is 0.456 e. The number of benzene rings is 2. The van der Waals surface area contributed by atoms with Crippen LogP contribution in [0, 0.1) is 19.8 Å². The van der Waals surface area contributed by atoms with E-state index in [0.29, 0.717) is 43.0 Å². The molecule has 1 fully saturated rings. The molecule has 2 amide bonds. The number of anilines is 2. The Kier molecular flexibility index (Phi) is 8.93. The van der Waals surface area contributed by atoms with Crippen molar-refractivity contribution >= 4 is 23.3 Å². The van der Waals surface area contributed by atoms with E-state index < -0.39 is 35.2 Å². The quantitative estimate of drug-likeness (QED) is 0.182. The third-order valence-corrected chi connectivity index (χ3v) is 8.06. The molecule has 1 aliphatic heterocycles. The minimum Gasteiger partial charge on any atom is -0.456 e. The number of urea groups is 1. The molecule has 1 aliphatic rings. The topological polar surface area (TPSA) is 101 Å². The Balaban J connectivity index is 1.49. The molecule has 4 aromatic rings. The first-order valence-corrected chi connectivity index (χ1v) is 15.0. The van der Waals surface area contributed by atoms with Crippen molar-refractivity contribution in [3.05, 3.63) is 94.6 Å². The van der Waals surface area contributed by atoms with Crippen LogP contribution in [-0.2, 0) is 11.6 Å². The summed E-state index contributed by atoms with van der Waals surface area (Å²) >= 11 is 0. The molecule has 0 bridgehead atoms. The van der Waals surface area contributed by atoms with E-state index in [2.05, 4.69) is 16.0 Å². The Bertz CT molecular complexity index is 1680.